The van der Waals surface area contributed by atoms with Crippen LogP contribution < -0.4 is 5.32 Å². The van der Waals surface area contributed by atoms with Crippen molar-refractivity contribution in [2.75, 3.05) is 18.4 Å². The summed E-state index contributed by atoms with van der Waals surface area (Å²) in [5.74, 6) is 1.36. The van der Waals surface area contributed by atoms with Gasteiger partial charge in [-0.3, -0.25) is 0 Å². The summed E-state index contributed by atoms with van der Waals surface area (Å²) < 4.78 is 23.0. The Hall–Kier alpha value is -1.72. The number of alkyl halides is 1. The molecule has 0 aromatic carbocycles. The highest BCUT2D eigenvalue weighted by molar-refractivity contribution is 14.1. The number of hydrogen-bond acceptors (Lipinski definition) is 6. The summed E-state index contributed by atoms with van der Waals surface area (Å²) in [7, 11) is 0. The van der Waals surface area contributed by atoms with Crippen LogP contribution in [0.15, 0.2) is 6.20 Å². The molecule has 4 rings (SSSR count). The minimum atomic E-state index is -1.24. The molecule has 3 heterocycles. The maximum atomic E-state index is 14.9. The molecule has 31 heavy (non-hydrogen) atoms. The van der Waals surface area contributed by atoms with E-state index in [-0.39, 0.29) is 12.0 Å². The van der Waals surface area contributed by atoms with Gasteiger partial charge >= 0.3 is 6.09 Å². The van der Waals surface area contributed by atoms with Gasteiger partial charge in [-0.1, -0.05) is 13.3 Å². The Bertz CT molecular complexity index is 965. The number of aromatic nitrogens is 4. The molecule has 1 amide bonds. The summed E-state index contributed by atoms with van der Waals surface area (Å²) in [6.45, 7) is 8.01. The first-order valence-electron chi connectivity index (χ1n) is 10.9. The van der Waals surface area contributed by atoms with Gasteiger partial charge in [0.05, 0.1) is 18.8 Å². The number of piperidine rings is 1. The standard InChI is InChI=1S/C21H30FIN6O2/c1-5-21(8-6-9-21)17-26-16(23)15-11-24-18(27-29(15)17)25-14-7-10-28(12-13(14)22)19(30)31-20(2,3)4/h11,13-14H,5-10,12H2,1-4H3,(H,25,27). The third-order valence-electron chi connectivity index (χ3n) is 6.32. The van der Waals surface area contributed by atoms with Gasteiger partial charge < -0.3 is 15.0 Å². The maximum absolute atomic E-state index is 14.9. The molecule has 10 heteroatoms. The van der Waals surface area contributed by atoms with E-state index in [1.165, 1.54) is 11.3 Å². The van der Waals surface area contributed by atoms with Gasteiger partial charge in [0.15, 0.2) is 0 Å². The average molecular weight is 544 g/mol. The second-order valence-corrected chi connectivity index (χ2v) is 10.6. The Labute approximate surface area is 195 Å². The number of carbonyl (C=O) groups excluding carboxylic acids is 1. The van der Waals surface area contributed by atoms with Crippen molar-refractivity contribution in [3.63, 3.8) is 0 Å². The largest absolute Gasteiger partial charge is 0.444 e. The van der Waals surface area contributed by atoms with E-state index in [1.54, 1.807) is 27.0 Å². The molecule has 2 fully saturated rings. The van der Waals surface area contributed by atoms with Crippen LogP contribution in [-0.4, -0.2) is 61.5 Å². The summed E-state index contributed by atoms with van der Waals surface area (Å²) in [5.41, 5.74) is 0.342. The second kappa shape index (κ2) is 8.32. The molecule has 8 nitrogen and oxygen atoms in total. The number of halogens is 2. The Morgan fingerprint density at radius 3 is 2.74 bits per heavy atom. The number of fused-ring (bicyclic) bond motifs is 1. The molecular formula is C21H30FIN6O2. The molecule has 1 N–H and O–H groups in total. The molecule has 2 atom stereocenters. The lowest BCUT2D eigenvalue weighted by Gasteiger charge is -2.39. The van der Waals surface area contributed by atoms with E-state index in [1.807, 2.05) is 4.52 Å². The molecule has 2 aliphatic rings. The smallest absolute Gasteiger partial charge is 0.410 e. The highest BCUT2D eigenvalue weighted by Gasteiger charge is 2.41. The summed E-state index contributed by atoms with van der Waals surface area (Å²) in [4.78, 5) is 22.9. The van der Waals surface area contributed by atoms with E-state index >= 15 is 0 Å². The zero-order valence-electron chi connectivity index (χ0n) is 18.5. The Kier molecular flexibility index (Phi) is 6.04. The van der Waals surface area contributed by atoms with Crippen molar-refractivity contribution in [3.05, 3.63) is 15.7 Å². The van der Waals surface area contributed by atoms with Crippen molar-refractivity contribution in [1.29, 1.82) is 0 Å². The van der Waals surface area contributed by atoms with E-state index in [0.29, 0.717) is 18.9 Å². The van der Waals surface area contributed by atoms with Crippen molar-refractivity contribution in [3.8, 4) is 0 Å². The SMILES string of the molecule is CCC1(c2nc(I)c3cnc(NC4CCN(C(=O)OC(C)(C)C)CC4F)nn23)CCC1. The minimum absolute atomic E-state index is 0.0119. The van der Waals surface area contributed by atoms with E-state index in [0.717, 1.165) is 34.3 Å². The van der Waals surface area contributed by atoms with Crippen molar-refractivity contribution in [1.82, 2.24) is 24.5 Å². The molecule has 0 radical (unpaired) electrons. The molecule has 170 valence electrons. The van der Waals surface area contributed by atoms with Gasteiger partial charge in [0.25, 0.3) is 0 Å². The second-order valence-electron chi connectivity index (χ2n) is 9.57. The molecule has 1 aliphatic carbocycles. The summed E-state index contributed by atoms with van der Waals surface area (Å²) in [5, 5.41) is 7.82. The normalized spacial score (nSPS) is 23.5. The average Bonchev–Trinajstić information content (AvgIpc) is 2.98. The zero-order chi connectivity index (χ0) is 22.4. The van der Waals surface area contributed by atoms with Gasteiger partial charge in [0.2, 0.25) is 5.95 Å². The number of rotatable bonds is 4. The number of anilines is 1. The first-order valence-corrected chi connectivity index (χ1v) is 12.0. The predicted molar refractivity (Wildman–Crippen MR) is 124 cm³/mol. The van der Waals surface area contributed by atoms with Gasteiger partial charge in [-0.25, -0.2) is 23.7 Å². The molecule has 1 saturated heterocycles. The number of hydrogen-bond donors (Lipinski definition) is 1. The Balaban J connectivity index is 1.49. The fraction of sp³-hybridized carbons (Fsp3) is 0.714. The van der Waals surface area contributed by atoms with Gasteiger partial charge in [-0.2, -0.15) is 0 Å². The topological polar surface area (TPSA) is 84.7 Å². The van der Waals surface area contributed by atoms with Crippen LogP contribution in [0.5, 0.6) is 0 Å². The van der Waals surface area contributed by atoms with Gasteiger partial charge in [0, 0.05) is 12.0 Å². The number of nitrogens with one attached hydrogen (secondary N) is 1. The lowest BCUT2D eigenvalue weighted by atomic mass is 9.66. The summed E-state index contributed by atoms with van der Waals surface area (Å²) in [6.07, 6.45) is 4.93. The molecule has 1 aliphatic heterocycles. The maximum Gasteiger partial charge on any atom is 0.410 e. The van der Waals surface area contributed by atoms with E-state index in [4.69, 9.17) is 9.72 Å². The van der Waals surface area contributed by atoms with Crippen LogP contribution in [0.1, 0.15) is 65.6 Å². The predicted octanol–water partition coefficient (Wildman–Crippen LogP) is 4.32. The zero-order valence-corrected chi connectivity index (χ0v) is 20.6. The fourth-order valence-corrected chi connectivity index (χ4v) is 4.92. The summed E-state index contributed by atoms with van der Waals surface area (Å²) in [6, 6.07) is -0.467. The van der Waals surface area contributed by atoms with E-state index in [9.17, 15) is 9.18 Å². The molecule has 2 unspecified atom stereocenters. The first kappa shape index (κ1) is 22.5. The van der Waals surface area contributed by atoms with Crippen LogP contribution in [0.25, 0.3) is 5.52 Å². The lowest BCUT2D eigenvalue weighted by molar-refractivity contribution is 0.0125. The number of carbonyl (C=O) groups is 1. The van der Waals surface area contributed by atoms with Crippen LogP contribution in [0.2, 0.25) is 0 Å². The van der Waals surface area contributed by atoms with Gasteiger partial charge in [-0.05, 0) is 69.0 Å². The summed E-state index contributed by atoms with van der Waals surface area (Å²) >= 11 is 2.22. The lowest BCUT2D eigenvalue weighted by Crippen LogP contribution is -2.51. The number of likely N-dealkylation sites (tertiary alicyclic amines) is 1. The van der Waals surface area contributed by atoms with Crippen molar-refractivity contribution in [2.45, 2.75) is 83.0 Å². The third kappa shape index (κ3) is 4.45. The highest BCUT2D eigenvalue weighted by atomic mass is 127. The molecule has 0 bridgehead atoms. The third-order valence-corrected chi connectivity index (χ3v) is 7.11. The van der Waals surface area contributed by atoms with Crippen molar-refractivity contribution < 1.29 is 13.9 Å². The van der Waals surface area contributed by atoms with Gasteiger partial charge in [-0.15, -0.1) is 5.10 Å². The number of imidazole rings is 1. The number of nitrogens with zero attached hydrogens (tertiary/aromatic N) is 5. The van der Waals surface area contributed by atoms with Crippen LogP contribution in [-0.2, 0) is 10.2 Å². The molecule has 2 aromatic heterocycles. The highest BCUT2D eigenvalue weighted by Crippen LogP contribution is 2.46. The Morgan fingerprint density at radius 2 is 2.16 bits per heavy atom. The van der Waals surface area contributed by atoms with Crippen LogP contribution >= 0.6 is 22.6 Å². The van der Waals surface area contributed by atoms with Crippen molar-refractivity contribution in [2.24, 2.45) is 0 Å². The quantitative estimate of drug-likeness (QED) is 0.578. The Morgan fingerprint density at radius 1 is 1.42 bits per heavy atom. The van der Waals surface area contributed by atoms with Gasteiger partial charge in [0.1, 0.15) is 26.8 Å². The molecule has 2 aromatic rings. The fourth-order valence-electron chi connectivity index (χ4n) is 4.32. The molecule has 0 spiro atoms. The van der Waals surface area contributed by atoms with Crippen LogP contribution in [0.3, 0.4) is 0 Å². The number of ether oxygens (including phenoxy) is 1. The monoisotopic (exact) mass is 544 g/mol. The minimum Gasteiger partial charge on any atom is -0.444 e. The van der Waals surface area contributed by atoms with Crippen LogP contribution in [0.4, 0.5) is 15.1 Å². The van der Waals surface area contributed by atoms with Crippen LogP contribution in [0, 0.1) is 3.70 Å². The van der Waals surface area contributed by atoms with Crippen molar-refractivity contribution >= 4 is 40.1 Å². The first-order chi connectivity index (χ1) is 14.6. The molecular weight excluding hydrogens is 514 g/mol. The number of amides is 1. The molecule has 1 saturated carbocycles. The van der Waals surface area contributed by atoms with E-state index < -0.39 is 23.9 Å². The van der Waals surface area contributed by atoms with E-state index in [2.05, 4.69) is 44.9 Å².